The SMILES string of the molecule is Cc1ccc(C(=O)/C=C/Sc2ccc(C(F)(F)F)cn2)cc1. The van der Waals surface area contributed by atoms with Gasteiger partial charge in [-0.05, 0) is 30.5 Å². The van der Waals surface area contributed by atoms with Gasteiger partial charge in [0.15, 0.2) is 5.78 Å². The van der Waals surface area contributed by atoms with Gasteiger partial charge in [0, 0.05) is 11.8 Å². The van der Waals surface area contributed by atoms with Gasteiger partial charge in [-0.2, -0.15) is 13.2 Å². The lowest BCUT2D eigenvalue weighted by atomic mass is 10.1. The summed E-state index contributed by atoms with van der Waals surface area (Å²) in [6.45, 7) is 1.93. The van der Waals surface area contributed by atoms with E-state index in [-0.39, 0.29) is 5.78 Å². The Labute approximate surface area is 130 Å². The highest BCUT2D eigenvalue weighted by molar-refractivity contribution is 8.02. The summed E-state index contributed by atoms with van der Waals surface area (Å²) in [7, 11) is 0. The molecular weight excluding hydrogens is 311 g/mol. The highest BCUT2D eigenvalue weighted by Gasteiger charge is 2.30. The van der Waals surface area contributed by atoms with Gasteiger partial charge < -0.3 is 0 Å². The summed E-state index contributed by atoms with van der Waals surface area (Å²) in [4.78, 5) is 15.6. The van der Waals surface area contributed by atoms with Crippen LogP contribution in [0.4, 0.5) is 13.2 Å². The first-order valence-corrected chi connectivity index (χ1v) is 7.22. The molecule has 0 spiro atoms. The molecule has 1 aromatic carbocycles. The van der Waals surface area contributed by atoms with Crippen LogP contribution >= 0.6 is 11.8 Å². The molecule has 1 aromatic heterocycles. The van der Waals surface area contributed by atoms with Gasteiger partial charge in [0.2, 0.25) is 0 Å². The molecule has 0 aliphatic heterocycles. The fourth-order valence-electron chi connectivity index (χ4n) is 1.60. The molecular formula is C16H12F3NOS. The van der Waals surface area contributed by atoms with Crippen LogP contribution in [0.3, 0.4) is 0 Å². The molecule has 0 amide bonds. The molecule has 0 N–H and O–H groups in total. The van der Waals surface area contributed by atoms with E-state index in [4.69, 9.17) is 0 Å². The lowest BCUT2D eigenvalue weighted by Crippen LogP contribution is -2.04. The number of alkyl halides is 3. The van der Waals surface area contributed by atoms with E-state index in [1.54, 1.807) is 12.1 Å². The average Bonchev–Trinajstić information content (AvgIpc) is 2.47. The van der Waals surface area contributed by atoms with Gasteiger partial charge in [0.25, 0.3) is 0 Å². The second-order valence-corrected chi connectivity index (χ2v) is 5.46. The zero-order valence-corrected chi connectivity index (χ0v) is 12.4. The molecule has 114 valence electrons. The van der Waals surface area contributed by atoms with Gasteiger partial charge in [-0.3, -0.25) is 4.79 Å². The molecule has 0 aliphatic carbocycles. The van der Waals surface area contributed by atoms with E-state index in [0.29, 0.717) is 10.6 Å². The van der Waals surface area contributed by atoms with Crippen molar-refractivity contribution in [3.05, 3.63) is 70.8 Å². The van der Waals surface area contributed by atoms with Crippen molar-refractivity contribution < 1.29 is 18.0 Å². The fourth-order valence-corrected chi connectivity index (χ4v) is 2.19. The van der Waals surface area contributed by atoms with Crippen molar-refractivity contribution >= 4 is 17.5 Å². The Kier molecular flexibility index (Phi) is 5.03. The minimum atomic E-state index is -4.40. The van der Waals surface area contributed by atoms with Gasteiger partial charge in [-0.1, -0.05) is 41.6 Å². The number of benzene rings is 1. The molecule has 0 fully saturated rings. The van der Waals surface area contributed by atoms with E-state index in [2.05, 4.69) is 4.98 Å². The molecule has 1 heterocycles. The lowest BCUT2D eigenvalue weighted by Gasteiger charge is -2.05. The highest BCUT2D eigenvalue weighted by atomic mass is 32.2. The van der Waals surface area contributed by atoms with Crippen LogP contribution in [-0.2, 0) is 6.18 Å². The maximum absolute atomic E-state index is 12.4. The minimum absolute atomic E-state index is 0.167. The van der Waals surface area contributed by atoms with Crippen LogP contribution in [0.1, 0.15) is 21.5 Å². The van der Waals surface area contributed by atoms with Crippen LogP contribution in [-0.4, -0.2) is 10.8 Å². The number of carbonyl (C=O) groups is 1. The molecule has 22 heavy (non-hydrogen) atoms. The van der Waals surface area contributed by atoms with Crippen molar-refractivity contribution in [2.45, 2.75) is 18.1 Å². The molecule has 2 aromatic rings. The number of rotatable bonds is 4. The number of hydrogen-bond donors (Lipinski definition) is 0. The molecule has 0 aliphatic rings. The van der Waals surface area contributed by atoms with Gasteiger partial charge in [-0.15, -0.1) is 0 Å². The number of pyridine rings is 1. The Hall–Kier alpha value is -2.08. The zero-order valence-electron chi connectivity index (χ0n) is 11.6. The molecule has 6 heteroatoms. The third-order valence-corrected chi connectivity index (χ3v) is 3.56. The third-order valence-electron chi connectivity index (χ3n) is 2.81. The number of halogens is 3. The monoisotopic (exact) mass is 323 g/mol. The van der Waals surface area contributed by atoms with E-state index in [9.17, 15) is 18.0 Å². The third kappa shape index (κ3) is 4.46. The Morgan fingerprint density at radius 1 is 1.14 bits per heavy atom. The highest BCUT2D eigenvalue weighted by Crippen LogP contribution is 2.29. The van der Waals surface area contributed by atoms with E-state index in [0.717, 1.165) is 29.6 Å². The summed E-state index contributed by atoms with van der Waals surface area (Å²) in [5.74, 6) is -0.167. The van der Waals surface area contributed by atoms with Gasteiger partial charge in [-0.25, -0.2) is 4.98 Å². The first kappa shape index (κ1) is 16.3. The Bertz CT molecular complexity index is 676. The molecule has 2 nitrogen and oxygen atoms in total. The van der Waals surface area contributed by atoms with Crippen molar-refractivity contribution in [1.82, 2.24) is 4.98 Å². The van der Waals surface area contributed by atoms with E-state index >= 15 is 0 Å². The summed E-state index contributed by atoms with van der Waals surface area (Å²) in [6.07, 6.45) is -2.25. The zero-order chi connectivity index (χ0) is 16.2. The van der Waals surface area contributed by atoms with Crippen LogP contribution in [0.2, 0.25) is 0 Å². The second-order valence-electron chi connectivity index (χ2n) is 4.53. The molecule has 0 bridgehead atoms. The quantitative estimate of drug-likeness (QED) is 0.455. The van der Waals surface area contributed by atoms with Crippen molar-refractivity contribution in [3.8, 4) is 0 Å². The normalized spacial score (nSPS) is 11.8. The second kappa shape index (κ2) is 6.79. The Morgan fingerprint density at radius 2 is 1.82 bits per heavy atom. The number of nitrogens with zero attached hydrogens (tertiary/aromatic N) is 1. The summed E-state index contributed by atoms with van der Waals surface area (Å²) >= 11 is 1.09. The maximum atomic E-state index is 12.4. The number of ketones is 1. The van der Waals surface area contributed by atoms with Crippen molar-refractivity contribution in [2.75, 3.05) is 0 Å². The predicted molar refractivity (Wildman–Crippen MR) is 79.7 cm³/mol. The first-order chi connectivity index (χ1) is 10.4. The van der Waals surface area contributed by atoms with Gasteiger partial charge in [0.05, 0.1) is 5.56 Å². The summed E-state index contributed by atoms with van der Waals surface area (Å²) in [5.41, 5.74) is 0.822. The van der Waals surface area contributed by atoms with Crippen molar-refractivity contribution in [1.29, 1.82) is 0 Å². The first-order valence-electron chi connectivity index (χ1n) is 6.34. The van der Waals surface area contributed by atoms with Crippen LogP contribution in [0.25, 0.3) is 0 Å². The number of thioether (sulfide) groups is 1. The van der Waals surface area contributed by atoms with Crippen molar-refractivity contribution in [3.63, 3.8) is 0 Å². The summed E-state index contributed by atoms with van der Waals surface area (Å²) < 4.78 is 37.2. The van der Waals surface area contributed by atoms with Gasteiger partial charge in [0.1, 0.15) is 5.03 Å². The van der Waals surface area contributed by atoms with E-state index in [1.807, 2.05) is 19.1 Å². The minimum Gasteiger partial charge on any atom is -0.289 e. The number of hydrogen-bond acceptors (Lipinski definition) is 3. The Balaban J connectivity index is 1.97. The smallest absolute Gasteiger partial charge is 0.289 e. The van der Waals surface area contributed by atoms with Crippen LogP contribution < -0.4 is 0 Å². The maximum Gasteiger partial charge on any atom is 0.417 e. The average molecular weight is 323 g/mol. The molecule has 0 saturated heterocycles. The van der Waals surface area contributed by atoms with Crippen LogP contribution in [0.5, 0.6) is 0 Å². The molecule has 2 rings (SSSR count). The topological polar surface area (TPSA) is 30.0 Å². The predicted octanol–water partition coefficient (Wildman–Crippen LogP) is 4.90. The molecule has 0 radical (unpaired) electrons. The number of allylic oxidation sites excluding steroid dienone is 1. The molecule has 0 saturated carbocycles. The number of aryl methyl sites for hydroxylation is 1. The molecule has 0 unspecified atom stereocenters. The van der Waals surface area contributed by atoms with Gasteiger partial charge >= 0.3 is 6.18 Å². The number of aromatic nitrogens is 1. The standard InChI is InChI=1S/C16H12F3NOS/c1-11-2-4-12(5-3-11)14(21)8-9-22-15-7-6-13(10-20-15)16(17,18)19/h2-10H,1H3/b9-8+. The van der Waals surface area contributed by atoms with Crippen LogP contribution in [0.15, 0.2) is 59.1 Å². The lowest BCUT2D eigenvalue weighted by molar-refractivity contribution is -0.137. The number of carbonyl (C=O) groups excluding carboxylic acids is 1. The largest absolute Gasteiger partial charge is 0.417 e. The fraction of sp³-hybridized carbons (Fsp3) is 0.125. The van der Waals surface area contributed by atoms with Crippen LogP contribution in [0, 0.1) is 6.92 Å². The summed E-state index contributed by atoms with van der Waals surface area (Å²) in [5, 5.41) is 1.90. The van der Waals surface area contributed by atoms with E-state index in [1.165, 1.54) is 17.6 Å². The van der Waals surface area contributed by atoms with E-state index < -0.39 is 11.7 Å². The molecule has 0 atom stereocenters. The summed E-state index contributed by atoms with van der Waals surface area (Å²) in [6, 6.07) is 9.36. The Morgan fingerprint density at radius 3 is 2.36 bits per heavy atom. The van der Waals surface area contributed by atoms with Crippen molar-refractivity contribution in [2.24, 2.45) is 0 Å².